The first-order chi connectivity index (χ1) is 11.5. The van der Waals surface area contributed by atoms with Gasteiger partial charge in [0.15, 0.2) is 0 Å². The van der Waals surface area contributed by atoms with Crippen LogP contribution in [-0.4, -0.2) is 24.5 Å². The SMILES string of the molecule is CO[C@@](C)(CNC(=O)c1cc2ccccc2[nH]1)c1ccccc1F. The number of aromatic nitrogens is 1. The molecule has 2 N–H and O–H groups in total. The maximum absolute atomic E-state index is 14.1. The van der Waals surface area contributed by atoms with Crippen LogP contribution in [0.1, 0.15) is 23.0 Å². The maximum Gasteiger partial charge on any atom is 0.267 e. The van der Waals surface area contributed by atoms with Crippen LogP contribution in [0.2, 0.25) is 0 Å². The van der Waals surface area contributed by atoms with Gasteiger partial charge in [-0.2, -0.15) is 0 Å². The maximum atomic E-state index is 14.1. The van der Waals surface area contributed by atoms with Gasteiger partial charge in [0.1, 0.15) is 17.1 Å². The summed E-state index contributed by atoms with van der Waals surface area (Å²) in [6.07, 6.45) is 0. The number of carbonyl (C=O) groups excluding carboxylic acids is 1. The van der Waals surface area contributed by atoms with Crippen molar-refractivity contribution in [3.05, 3.63) is 71.7 Å². The van der Waals surface area contributed by atoms with E-state index in [0.29, 0.717) is 11.3 Å². The molecule has 2 aromatic carbocycles. The van der Waals surface area contributed by atoms with Crippen LogP contribution in [0.3, 0.4) is 0 Å². The van der Waals surface area contributed by atoms with Crippen molar-refractivity contribution in [3.63, 3.8) is 0 Å². The molecule has 0 saturated carbocycles. The third kappa shape index (κ3) is 3.03. The molecular formula is C19H19FN2O2. The Hall–Kier alpha value is -2.66. The summed E-state index contributed by atoms with van der Waals surface area (Å²) >= 11 is 0. The lowest BCUT2D eigenvalue weighted by molar-refractivity contribution is 0.000356. The summed E-state index contributed by atoms with van der Waals surface area (Å²) in [7, 11) is 1.50. The molecule has 0 aliphatic heterocycles. The van der Waals surface area contributed by atoms with E-state index in [9.17, 15) is 9.18 Å². The Bertz CT molecular complexity index is 841. The monoisotopic (exact) mass is 326 g/mol. The number of aromatic amines is 1. The standard InChI is InChI=1S/C19H19FN2O2/c1-19(24-2,14-8-4-5-9-15(14)20)12-21-18(23)17-11-13-7-3-6-10-16(13)22-17/h3-11,22H,12H2,1-2H3,(H,21,23)/t19-/m0/s1. The summed E-state index contributed by atoms with van der Waals surface area (Å²) in [5, 5.41) is 3.78. The molecule has 1 aromatic heterocycles. The first-order valence-electron chi connectivity index (χ1n) is 7.69. The van der Waals surface area contributed by atoms with Crippen LogP contribution in [-0.2, 0) is 10.3 Å². The number of amides is 1. The molecule has 3 rings (SSSR count). The molecule has 0 fully saturated rings. The van der Waals surface area contributed by atoms with Gasteiger partial charge in [-0.05, 0) is 25.1 Å². The van der Waals surface area contributed by atoms with Crippen molar-refractivity contribution in [2.24, 2.45) is 0 Å². The number of para-hydroxylation sites is 1. The highest BCUT2D eigenvalue weighted by Gasteiger charge is 2.30. The second-order valence-corrected chi connectivity index (χ2v) is 5.87. The Labute approximate surface area is 139 Å². The summed E-state index contributed by atoms with van der Waals surface area (Å²) in [6, 6.07) is 15.9. The van der Waals surface area contributed by atoms with Crippen LogP contribution in [0.25, 0.3) is 10.9 Å². The number of H-pyrrole nitrogens is 1. The third-order valence-electron chi connectivity index (χ3n) is 4.25. The predicted octanol–water partition coefficient (Wildman–Crippen LogP) is 3.60. The number of fused-ring (bicyclic) bond motifs is 1. The molecule has 5 heteroatoms. The van der Waals surface area contributed by atoms with Crippen molar-refractivity contribution in [1.82, 2.24) is 10.3 Å². The number of halogens is 1. The van der Waals surface area contributed by atoms with Crippen molar-refractivity contribution >= 4 is 16.8 Å². The molecule has 1 heterocycles. The van der Waals surface area contributed by atoms with E-state index in [-0.39, 0.29) is 18.3 Å². The Morgan fingerprint density at radius 3 is 2.62 bits per heavy atom. The van der Waals surface area contributed by atoms with Crippen molar-refractivity contribution in [2.75, 3.05) is 13.7 Å². The van der Waals surface area contributed by atoms with E-state index >= 15 is 0 Å². The molecule has 0 saturated heterocycles. The number of hydrogen-bond acceptors (Lipinski definition) is 2. The average Bonchev–Trinajstić information content (AvgIpc) is 3.04. The highest BCUT2D eigenvalue weighted by Crippen LogP contribution is 2.26. The van der Waals surface area contributed by atoms with E-state index in [2.05, 4.69) is 10.3 Å². The van der Waals surface area contributed by atoms with Gasteiger partial charge in [-0.25, -0.2) is 4.39 Å². The van der Waals surface area contributed by atoms with Crippen molar-refractivity contribution in [1.29, 1.82) is 0 Å². The molecule has 0 spiro atoms. The first kappa shape index (κ1) is 16.2. The first-order valence-corrected chi connectivity index (χ1v) is 7.69. The molecule has 0 bridgehead atoms. The second-order valence-electron chi connectivity index (χ2n) is 5.87. The Kier molecular flexibility index (Phi) is 4.36. The molecule has 4 nitrogen and oxygen atoms in total. The van der Waals surface area contributed by atoms with E-state index in [4.69, 9.17) is 4.74 Å². The van der Waals surface area contributed by atoms with Crippen molar-refractivity contribution < 1.29 is 13.9 Å². The predicted molar refractivity (Wildman–Crippen MR) is 91.4 cm³/mol. The lowest BCUT2D eigenvalue weighted by atomic mass is 9.95. The number of methoxy groups -OCH3 is 1. The molecule has 1 amide bonds. The molecular weight excluding hydrogens is 307 g/mol. The van der Waals surface area contributed by atoms with Gasteiger partial charge >= 0.3 is 0 Å². The van der Waals surface area contributed by atoms with Crippen LogP contribution in [0.5, 0.6) is 0 Å². The Morgan fingerprint density at radius 2 is 1.92 bits per heavy atom. The molecule has 0 radical (unpaired) electrons. The van der Waals surface area contributed by atoms with Gasteiger partial charge in [0.25, 0.3) is 5.91 Å². The summed E-state index contributed by atoms with van der Waals surface area (Å²) in [4.78, 5) is 15.5. The molecule has 0 aliphatic carbocycles. The van der Waals surface area contributed by atoms with E-state index in [1.54, 1.807) is 31.2 Å². The lowest BCUT2D eigenvalue weighted by Crippen LogP contribution is -2.40. The van der Waals surface area contributed by atoms with Crippen molar-refractivity contribution in [2.45, 2.75) is 12.5 Å². The average molecular weight is 326 g/mol. The van der Waals surface area contributed by atoms with E-state index < -0.39 is 5.60 Å². The van der Waals surface area contributed by atoms with Gasteiger partial charge in [0.05, 0.1) is 6.54 Å². The molecule has 24 heavy (non-hydrogen) atoms. The van der Waals surface area contributed by atoms with Gasteiger partial charge in [-0.15, -0.1) is 0 Å². The van der Waals surface area contributed by atoms with Gasteiger partial charge in [-0.3, -0.25) is 4.79 Å². The smallest absolute Gasteiger partial charge is 0.267 e. The van der Waals surface area contributed by atoms with E-state index in [1.807, 2.05) is 24.3 Å². The minimum absolute atomic E-state index is 0.151. The summed E-state index contributed by atoms with van der Waals surface area (Å²) in [5.41, 5.74) is 0.811. The summed E-state index contributed by atoms with van der Waals surface area (Å²) < 4.78 is 19.5. The minimum atomic E-state index is -0.951. The zero-order valence-electron chi connectivity index (χ0n) is 13.6. The van der Waals surface area contributed by atoms with Gasteiger partial charge < -0.3 is 15.0 Å². The fraction of sp³-hybridized carbons (Fsp3) is 0.211. The highest BCUT2D eigenvalue weighted by atomic mass is 19.1. The molecule has 124 valence electrons. The lowest BCUT2D eigenvalue weighted by Gasteiger charge is -2.29. The number of nitrogens with one attached hydrogen (secondary N) is 2. The third-order valence-corrected chi connectivity index (χ3v) is 4.25. The van der Waals surface area contributed by atoms with Gasteiger partial charge in [-0.1, -0.05) is 36.4 Å². The summed E-state index contributed by atoms with van der Waals surface area (Å²) in [5.74, 6) is -0.618. The fourth-order valence-corrected chi connectivity index (χ4v) is 2.71. The highest BCUT2D eigenvalue weighted by molar-refractivity contribution is 5.98. The number of rotatable bonds is 5. The number of carbonyl (C=O) groups is 1. The molecule has 1 atom stereocenters. The second kappa shape index (κ2) is 6.45. The van der Waals surface area contributed by atoms with Crippen LogP contribution in [0.15, 0.2) is 54.6 Å². The fourth-order valence-electron chi connectivity index (χ4n) is 2.71. The number of benzene rings is 2. The van der Waals surface area contributed by atoms with E-state index in [1.165, 1.54) is 13.2 Å². The Morgan fingerprint density at radius 1 is 1.21 bits per heavy atom. The largest absolute Gasteiger partial charge is 0.372 e. The zero-order chi connectivity index (χ0) is 17.2. The molecule has 0 unspecified atom stereocenters. The quantitative estimate of drug-likeness (QED) is 0.753. The Balaban J connectivity index is 1.77. The molecule has 0 aliphatic rings. The van der Waals surface area contributed by atoms with Gasteiger partial charge in [0.2, 0.25) is 0 Å². The number of ether oxygens (including phenoxy) is 1. The topological polar surface area (TPSA) is 54.1 Å². The number of hydrogen-bond donors (Lipinski definition) is 2. The van der Waals surface area contributed by atoms with Crippen LogP contribution in [0.4, 0.5) is 4.39 Å². The minimum Gasteiger partial charge on any atom is -0.372 e. The molecule has 3 aromatic rings. The van der Waals surface area contributed by atoms with Gasteiger partial charge in [0, 0.05) is 23.6 Å². The van der Waals surface area contributed by atoms with Crippen LogP contribution in [0, 0.1) is 5.82 Å². The van der Waals surface area contributed by atoms with Crippen molar-refractivity contribution in [3.8, 4) is 0 Å². The van der Waals surface area contributed by atoms with Crippen LogP contribution < -0.4 is 5.32 Å². The van der Waals surface area contributed by atoms with Crippen LogP contribution >= 0.6 is 0 Å². The summed E-state index contributed by atoms with van der Waals surface area (Å²) in [6.45, 7) is 1.90. The normalized spacial score (nSPS) is 13.6. The zero-order valence-corrected chi connectivity index (χ0v) is 13.6. The van der Waals surface area contributed by atoms with E-state index in [0.717, 1.165) is 10.9 Å².